The van der Waals surface area contributed by atoms with E-state index in [4.69, 9.17) is 9.97 Å². The van der Waals surface area contributed by atoms with Gasteiger partial charge in [0.25, 0.3) is 0 Å². The second kappa shape index (κ2) is 11.1. The Bertz CT molecular complexity index is 1430. The number of pyridine rings is 2. The van der Waals surface area contributed by atoms with E-state index in [1.807, 2.05) is 24.5 Å². The van der Waals surface area contributed by atoms with Crippen LogP contribution in [-0.2, 0) is 5.54 Å². The van der Waals surface area contributed by atoms with E-state index in [2.05, 4.69) is 82.2 Å². The lowest BCUT2D eigenvalue weighted by molar-refractivity contribution is -0.0184. The van der Waals surface area contributed by atoms with Gasteiger partial charge in [0.15, 0.2) is 0 Å². The standard InChI is InChI=1S/C32H42FN7/c1-5-32(19-26(20-32)38-16-14-37(13-10-33)15-17-38)40-22-29(36-31(40)23(2)3)25-18-30-28(35-21-25)9-12-39(30)24(4)27-8-6-7-11-34-27/h6-9,11-12,18,21-24,26H,5,10,13-17,19-20H2,1-4H3. The molecule has 212 valence electrons. The fraction of sp³-hybridized carbons (Fsp3) is 0.531. The van der Waals surface area contributed by atoms with Crippen molar-refractivity contribution in [3.8, 4) is 11.3 Å². The third-order valence-electron chi connectivity index (χ3n) is 9.37. The van der Waals surface area contributed by atoms with Crippen LogP contribution in [0, 0.1) is 0 Å². The summed E-state index contributed by atoms with van der Waals surface area (Å²) in [5.41, 5.74) is 5.24. The van der Waals surface area contributed by atoms with Gasteiger partial charge in [0.1, 0.15) is 12.5 Å². The van der Waals surface area contributed by atoms with E-state index >= 15 is 0 Å². The number of piperazine rings is 1. The number of halogens is 1. The van der Waals surface area contributed by atoms with Crippen LogP contribution < -0.4 is 0 Å². The Morgan fingerprint density at radius 3 is 2.52 bits per heavy atom. The van der Waals surface area contributed by atoms with Crippen molar-refractivity contribution < 1.29 is 4.39 Å². The Hall–Kier alpha value is -3.10. The largest absolute Gasteiger partial charge is 0.337 e. The molecule has 40 heavy (non-hydrogen) atoms. The zero-order valence-electron chi connectivity index (χ0n) is 24.3. The summed E-state index contributed by atoms with van der Waals surface area (Å²) in [6.07, 6.45) is 11.6. The normalized spacial score (nSPS) is 23.1. The molecule has 4 aromatic rings. The third kappa shape index (κ3) is 4.85. The van der Waals surface area contributed by atoms with Gasteiger partial charge in [-0.15, -0.1) is 0 Å². The lowest BCUT2D eigenvalue weighted by Gasteiger charge is -2.54. The molecule has 0 radical (unpaired) electrons. The van der Waals surface area contributed by atoms with Crippen molar-refractivity contribution in [3.63, 3.8) is 0 Å². The van der Waals surface area contributed by atoms with Crippen LogP contribution in [0.3, 0.4) is 0 Å². The molecule has 1 unspecified atom stereocenters. The highest BCUT2D eigenvalue weighted by atomic mass is 19.1. The molecule has 1 saturated heterocycles. The van der Waals surface area contributed by atoms with Gasteiger partial charge in [0.05, 0.1) is 28.5 Å². The first kappa shape index (κ1) is 27.1. The van der Waals surface area contributed by atoms with Gasteiger partial charge >= 0.3 is 0 Å². The SMILES string of the molecule is CCC1(n2cc(-c3cnc4ccn(C(C)c5ccccn5)c4c3)nc2C(C)C)CC(N2CCN(CCF)CC2)C1. The fourth-order valence-corrected chi connectivity index (χ4v) is 6.80. The minimum atomic E-state index is -0.249. The van der Waals surface area contributed by atoms with Crippen LogP contribution in [-0.4, -0.2) is 79.3 Å². The van der Waals surface area contributed by atoms with Crippen molar-refractivity contribution in [3.05, 3.63) is 66.6 Å². The van der Waals surface area contributed by atoms with Crippen molar-refractivity contribution in [2.75, 3.05) is 39.4 Å². The molecular formula is C32H42FN7. The highest BCUT2D eigenvalue weighted by Crippen LogP contribution is 2.47. The van der Waals surface area contributed by atoms with Gasteiger partial charge in [-0.2, -0.15) is 0 Å². The summed E-state index contributed by atoms with van der Waals surface area (Å²) in [5.74, 6) is 1.48. The minimum Gasteiger partial charge on any atom is -0.337 e. The van der Waals surface area contributed by atoms with Gasteiger partial charge < -0.3 is 9.13 Å². The van der Waals surface area contributed by atoms with E-state index in [0.717, 1.165) is 79.3 Å². The smallest absolute Gasteiger partial charge is 0.112 e. The predicted octanol–water partition coefficient (Wildman–Crippen LogP) is 5.88. The molecule has 0 spiro atoms. The van der Waals surface area contributed by atoms with Crippen LogP contribution in [0.1, 0.15) is 70.4 Å². The van der Waals surface area contributed by atoms with Gasteiger partial charge in [-0.25, -0.2) is 9.37 Å². The van der Waals surface area contributed by atoms with Crippen molar-refractivity contribution >= 4 is 11.0 Å². The molecule has 5 heterocycles. The average molecular weight is 544 g/mol. The van der Waals surface area contributed by atoms with Crippen LogP contribution in [0.5, 0.6) is 0 Å². The highest BCUT2D eigenvalue weighted by molar-refractivity contribution is 5.81. The third-order valence-corrected chi connectivity index (χ3v) is 9.37. The Morgan fingerprint density at radius 2 is 1.85 bits per heavy atom. The monoisotopic (exact) mass is 543 g/mol. The lowest BCUT2D eigenvalue weighted by Crippen LogP contribution is -2.60. The van der Waals surface area contributed by atoms with Gasteiger partial charge in [-0.05, 0) is 50.5 Å². The summed E-state index contributed by atoms with van der Waals surface area (Å²) >= 11 is 0. The molecule has 4 aromatic heterocycles. The first-order valence-corrected chi connectivity index (χ1v) is 14.9. The fourth-order valence-electron chi connectivity index (χ4n) is 6.80. The maximum atomic E-state index is 12.8. The number of imidazole rings is 1. The molecule has 8 heteroatoms. The van der Waals surface area contributed by atoms with E-state index in [0.29, 0.717) is 18.5 Å². The lowest BCUT2D eigenvalue weighted by atomic mass is 9.69. The molecule has 1 saturated carbocycles. The number of rotatable bonds is 9. The van der Waals surface area contributed by atoms with Gasteiger partial charge in [-0.3, -0.25) is 19.8 Å². The first-order valence-electron chi connectivity index (χ1n) is 14.9. The zero-order chi connectivity index (χ0) is 27.9. The molecule has 1 aliphatic carbocycles. The maximum Gasteiger partial charge on any atom is 0.112 e. The van der Waals surface area contributed by atoms with Crippen LogP contribution in [0.15, 0.2) is 55.1 Å². The van der Waals surface area contributed by atoms with Crippen molar-refractivity contribution in [1.82, 2.24) is 33.9 Å². The summed E-state index contributed by atoms with van der Waals surface area (Å²) in [7, 11) is 0. The molecule has 6 rings (SSSR count). The summed E-state index contributed by atoms with van der Waals surface area (Å²) < 4.78 is 17.5. The number of hydrogen-bond acceptors (Lipinski definition) is 5. The molecular weight excluding hydrogens is 501 g/mol. The average Bonchev–Trinajstić information content (AvgIpc) is 3.59. The molecule has 0 bridgehead atoms. The number of hydrogen-bond donors (Lipinski definition) is 0. The summed E-state index contributed by atoms with van der Waals surface area (Å²) in [6.45, 7) is 13.3. The van der Waals surface area contributed by atoms with Gasteiger partial charge in [-0.1, -0.05) is 26.8 Å². The Balaban J connectivity index is 1.27. The molecule has 0 aromatic carbocycles. The minimum absolute atomic E-state index is 0.0941. The Morgan fingerprint density at radius 1 is 1.05 bits per heavy atom. The summed E-state index contributed by atoms with van der Waals surface area (Å²) in [6, 6.07) is 11.1. The summed E-state index contributed by atoms with van der Waals surface area (Å²) in [4.78, 5) is 19.5. The predicted molar refractivity (Wildman–Crippen MR) is 158 cm³/mol. The Labute approximate surface area is 237 Å². The van der Waals surface area contributed by atoms with Gasteiger partial charge in [0.2, 0.25) is 0 Å². The van der Waals surface area contributed by atoms with Gasteiger partial charge in [0, 0.05) is 80.6 Å². The van der Waals surface area contributed by atoms with E-state index in [-0.39, 0.29) is 18.3 Å². The Kier molecular flexibility index (Phi) is 7.48. The van der Waals surface area contributed by atoms with Crippen LogP contribution in [0.2, 0.25) is 0 Å². The second-order valence-electron chi connectivity index (χ2n) is 12.0. The number of fused-ring (bicyclic) bond motifs is 1. The van der Waals surface area contributed by atoms with Crippen LogP contribution >= 0.6 is 0 Å². The van der Waals surface area contributed by atoms with Crippen molar-refractivity contribution in [2.24, 2.45) is 0 Å². The molecule has 1 atom stereocenters. The number of aromatic nitrogens is 5. The molecule has 2 fully saturated rings. The van der Waals surface area contributed by atoms with Crippen molar-refractivity contribution in [1.29, 1.82) is 0 Å². The number of nitrogens with zero attached hydrogens (tertiary/aromatic N) is 7. The molecule has 2 aliphatic rings. The molecule has 1 aliphatic heterocycles. The van der Waals surface area contributed by atoms with Crippen LogP contribution in [0.25, 0.3) is 22.3 Å². The second-order valence-corrected chi connectivity index (χ2v) is 12.0. The highest BCUT2D eigenvalue weighted by Gasteiger charge is 2.48. The van der Waals surface area contributed by atoms with E-state index in [9.17, 15) is 4.39 Å². The topological polar surface area (TPSA) is 55.0 Å². The summed E-state index contributed by atoms with van der Waals surface area (Å²) in [5, 5.41) is 0. The first-order chi connectivity index (χ1) is 19.4. The van der Waals surface area contributed by atoms with E-state index in [1.54, 1.807) is 0 Å². The zero-order valence-corrected chi connectivity index (χ0v) is 24.3. The quantitative estimate of drug-likeness (QED) is 0.264. The van der Waals surface area contributed by atoms with Crippen molar-refractivity contribution in [2.45, 2.75) is 70.5 Å². The molecule has 0 amide bonds. The molecule has 7 nitrogen and oxygen atoms in total. The van der Waals surface area contributed by atoms with E-state index in [1.165, 1.54) is 0 Å². The van der Waals surface area contributed by atoms with Crippen LogP contribution in [0.4, 0.5) is 4.39 Å². The maximum absolute atomic E-state index is 12.8. The van der Waals surface area contributed by atoms with E-state index < -0.39 is 0 Å². The number of alkyl halides is 1. The molecule has 0 N–H and O–H groups in total.